The predicted molar refractivity (Wildman–Crippen MR) is 68.0 cm³/mol. The van der Waals surface area contributed by atoms with Gasteiger partial charge in [-0.1, -0.05) is 12.1 Å². The summed E-state index contributed by atoms with van der Waals surface area (Å²) in [6.45, 7) is 0.431. The number of rotatable bonds is 5. The zero-order valence-corrected chi connectivity index (χ0v) is 10.7. The van der Waals surface area contributed by atoms with Gasteiger partial charge in [-0.15, -0.1) is 0 Å². The second-order valence-electron chi connectivity index (χ2n) is 4.65. The van der Waals surface area contributed by atoms with Gasteiger partial charge in [0.25, 0.3) is 0 Å². The van der Waals surface area contributed by atoms with Gasteiger partial charge >= 0.3 is 6.18 Å². The van der Waals surface area contributed by atoms with E-state index in [-0.39, 0.29) is 0 Å². The molecule has 0 saturated carbocycles. The van der Waals surface area contributed by atoms with Crippen molar-refractivity contribution < 1.29 is 18.3 Å². The third-order valence-electron chi connectivity index (χ3n) is 3.03. The van der Waals surface area contributed by atoms with Crippen molar-refractivity contribution in [2.75, 3.05) is 0 Å². The maximum atomic E-state index is 12.4. The van der Waals surface area contributed by atoms with E-state index < -0.39 is 17.8 Å². The summed E-state index contributed by atoms with van der Waals surface area (Å²) in [5.41, 5.74) is 0.128. The molecular weight excluding hydrogens is 269 g/mol. The van der Waals surface area contributed by atoms with Crippen LogP contribution in [0.25, 0.3) is 0 Å². The molecule has 1 N–H and O–H groups in total. The van der Waals surface area contributed by atoms with Crippen molar-refractivity contribution in [1.82, 2.24) is 9.55 Å². The zero-order valence-electron chi connectivity index (χ0n) is 10.7. The molecule has 0 bridgehead atoms. The molecule has 108 valence electrons. The van der Waals surface area contributed by atoms with Crippen LogP contribution in [0.4, 0.5) is 13.2 Å². The van der Waals surface area contributed by atoms with Crippen molar-refractivity contribution in [3.8, 4) is 0 Å². The summed E-state index contributed by atoms with van der Waals surface area (Å²) in [4.78, 5) is 3.87. The van der Waals surface area contributed by atoms with Crippen molar-refractivity contribution in [3.05, 3.63) is 54.1 Å². The average Bonchev–Trinajstić information content (AvgIpc) is 2.88. The van der Waals surface area contributed by atoms with Crippen LogP contribution >= 0.6 is 0 Å². The van der Waals surface area contributed by atoms with E-state index in [1.165, 1.54) is 12.1 Å². The lowest BCUT2D eigenvalue weighted by molar-refractivity contribution is -0.137. The van der Waals surface area contributed by atoms with Crippen molar-refractivity contribution in [3.63, 3.8) is 0 Å². The van der Waals surface area contributed by atoms with E-state index >= 15 is 0 Å². The minimum absolute atomic E-state index is 0.431. The number of nitrogens with zero attached hydrogens (tertiary/aromatic N) is 2. The lowest BCUT2D eigenvalue weighted by Gasteiger charge is -2.12. The van der Waals surface area contributed by atoms with E-state index in [0.29, 0.717) is 19.4 Å². The van der Waals surface area contributed by atoms with E-state index in [9.17, 15) is 18.3 Å². The molecule has 0 aliphatic rings. The van der Waals surface area contributed by atoms with E-state index in [1.54, 1.807) is 23.3 Å². The van der Waals surface area contributed by atoms with Crippen molar-refractivity contribution >= 4 is 0 Å². The fourth-order valence-corrected chi connectivity index (χ4v) is 1.92. The lowest BCUT2D eigenvalue weighted by atomic mass is 10.0. The summed E-state index contributed by atoms with van der Waals surface area (Å²) in [5.74, 6) is 0. The summed E-state index contributed by atoms with van der Waals surface area (Å²) < 4.78 is 39.0. The highest BCUT2D eigenvalue weighted by Gasteiger charge is 2.29. The Labute approximate surface area is 114 Å². The second kappa shape index (κ2) is 6.09. The number of aliphatic hydroxyl groups excluding tert-OH is 1. The average molecular weight is 284 g/mol. The largest absolute Gasteiger partial charge is 0.416 e. The van der Waals surface area contributed by atoms with Gasteiger partial charge in [0.05, 0.1) is 18.0 Å². The van der Waals surface area contributed by atoms with Gasteiger partial charge in [0, 0.05) is 18.9 Å². The molecule has 0 amide bonds. The molecular formula is C14H15F3N2O. The molecule has 0 saturated heterocycles. The fourth-order valence-electron chi connectivity index (χ4n) is 1.92. The number of aliphatic hydroxyl groups is 1. The molecule has 0 aliphatic carbocycles. The highest BCUT2D eigenvalue weighted by molar-refractivity contribution is 5.24. The lowest BCUT2D eigenvalue weighted by Crippen LogP contribution is -2.15. The third kappa shape index (κ3) is 4.09. The third-order valence-corrected chi connectivity index (χ3v) is 3.03. The predicted octanol–water partition coefficient (Wildman–Crippen LogP) is 2.90. The molecule has 20 heavy (non-hydrogen) atoms. The Morgan fingerprint density at radius 3 is 2.45 bits per heavy atom. The molecule has 0 aliphatic heterocycles. The molecule has 0 spiro atoms. The van der Waals surface area contributed by atoms with Crippen LogP contribution in [-0.2, 0) is 19.1 Å². The summed E-state index contributed by atoms with van der Waals surface area (Å²) in [6.07, 6.45) is 1.16. The van der Waals surface area contributed by atoms with Crippen LogP contribution in [0, 0.1) is 0 Å². The van der Waals surface area contributed by atoms with Crippen LogP contribution in [0.3, 0.4) is 0 Å². The molecule has 0 fully saturated rings. The van der Waals surface area contributed by atoms with Crippen LogP contribution in [0.2, 0.25) is 0 Å². The van der Waals surface area contributed by atoms with Crippen LogP contribution in [0.15, 0.2) is 43.0 Å². The van der Waals surface area contributed by atoms with Crippen LogP contribution < -0.4 is 0 Å². The normalized spacial score (nSPS) is 13.4. The summed E-state index contributed by atoms with van der Waals surface area (Å²) in [6, 6.07) is 5.04. The first-order valence-corrected chi connectivity index (χ1v) is 6.25. The molecule has 2 aromatic rings. The number of imidazole rings is 1. The Morgan fingerprint density at radius 1 is 1.20 bits per heavy atom. The zero-order chi connectivity index (χ0) is 14.6. The highest BCUT2D eigenvalue weighted by atomic mass is 19.4. The molecule has 1 aromatic carbocycles. The molecule has 1 heterocycles. The summed E-state index contributed by atoms with van der Waals surface area (Å²) in [5, 5.41) is 9.84. The Morgan fingerprint density at radius 2 is 1.90 bits per heavy atom. The quantitative estimate of drug-likeness (QED) is 0.916. The Bertz CT molecular complexity index is 520. The van der Waals surface area contributed by atoms with Crippen molar-refractivity contribution in [2.24, 2.45) is 0 Å². The van der Waals surface area contributed by atoms with E-state index in [4.69, 9.17) is 0 Å². The van der Waals surface area contributed by atoms with Gasteiger partial charge in [0.1, 0.15) is 0 Å². The van der Waals surface area contributed by atoms with Gasteiger partial charge in [-0.2, -0.15) is 13.2 Å². The van der Waals surface area contributed by atoms with Crippen molar-refractivity contribution in [1.29, 1.82) is 0 Å². The minimum atomic E-state index is -4.31. The smallest absolute Gasteiger partial charge is 0.391 e. The molecule has 1 unspecified atom stereocenters. The van der Waals surface area contributed by atoms with Gasteiger partial charge in [-0.3, -0.25) is 0 Å². The number of aryl methyl sites for hydroxylation is 1. The van der Waals surface area contributed by atoms with Gasteiger partial charge in [-0.05, 0) is 30.5 Å². The molecule has 2 rings (SSSR count). The van der Waals surface area contributed by atoms with Crippen LogP contribution in [0.5, 0.6) is 0 Å². The summed E-state index contributed by atoms with van der Waals surface area (Å²) in [7, 11) is 0. The Kier molecular flexibility index (Phi) is 4.44. The summed E-state index contributed by atoms with van der Waals surface area (Å²) >= 11 is 0. The molecule has 1 aromatic heterocycles. The maximum absolute atomic E-state index is 12.4. The van der Waals surface area contributed by atoms with Gasteiger partial charge in [0.2, 0.25) is 0 Å². The molecule has 0 radical (unpaired) electrons. The fraction of sp³-hybridized carbons (Fsp3) is 0.357. The van der Waals surface area contributed by atoms with E-state index in [0.717, 1.165) is 17.7 Å². The standard InChI is InChI=1S/C14H15F3N2O/c15-14(16,17)12-4-1-11(2-5-12)3-6-13(20)9-19-8-7-18-10-19/h1-2,4-5,7-8,10,13,20H,3,6,9H2. The minimum Gasteiger partial charge on any atom is -0.391 e. The maximum Gasteiger partial charge on any atom is 0.416 e. The Hall–Kier alpha value is -1.82. The van der Waals surface area contributed by atoms with Gasteiger partial charge in [-0.25, -0.2) is 4.98 Å². The molecule has 6 heteroatoms. The number of halogens is 3. The first-order chi connectivity index (χ1) is 9.45. The first-order valence-electron chi connectivity index (χ1n) is 6.25. The Balaban J connectivity index is 1.84. The SMILES string of the molecule is OC(CCc1ccc(C(F)(F)F)cc1)Cn1ccnc1. The first kappa shape index (κ1) is 14.6. The second-order valence-corrected chi connectivity index (χ2v) is 4.65. The monoisotopic (exact) mass is 284 g/mol. The van der Waals surface area contributed by atoms with E-state index in [2.05, 4.69) is 4.98 Å². The van der Waals surface area contributed by atoms with Crippen molar-refractivity contribution in [2.45, 2.75) is 31.7 Å². The van der Waals surface area contributed by atoms with Gasteiger partial charge < -0.3 is 9.67 Å². The molecule has 3 nitrogen and oxygen atoms in total. The number of aromatic nitrogens is 2. The number of hydrogen-bond acceptors (Lipinski definition) is 2. The topological polar surface area (TPSA) is 38.0 Å². The van der Waals surface area contributed by atoms with E-state index in [1.807, 2.05) is 0 Å². The number of alkyl halides is 3. The van der Waals surface area contributed by atoms with Crippen LogP contribution in [-0.4, -0.2) is 20.8 Å². The number of hydrogen-bond donors (Lipinski definition) is 1. The molecule has 1 atom stereocenters. The van der Waals surface area contributed by atoms with Crippen LogP contribution in [0.1, 0.15) is 17.5 Å². The highest BCUT2D eigenvalue weighted by Crippen LogP contribution is 2.29. The number of benzene rings is 1. The van der Waals surface area contributed by atoms with Gasteiger partial charge in [0.15, 0.2) is 0 Å².